The quantitative estimate of drug-likeness (QED) is 0.822. The van der Waals surface area contributed by atoms with Crippen molar-refractivity contribution in [3.8, 4) is 0 Å². The highest BCUT2D eigenvalue weighted by molar-refractivity contribution is 7.80. The summed E-state index contributed by atoms with van der Waals surface area (Å²) in [5.74, 6) is 0.936. The molecule has 0 bridgehead atoms. The third-order valence-corrected chi connectivity index (χ3v) is 3.26. The van der Waals surface area contributed by atoms with E-state index in [2.05, 4.69) is 24.1 Å². The number of nitrogens with zero attached hydrogens (tertiary/aromatic N) is 1. The Morgan fingerprint density at radius 1 is 1.26 bits per heavy atom. The molecule has 2 N–H and O–H groups in total. The molecule has 2 aromatic rings. The molecule has 0 saturated carbocycles. The second-order valence-corrected chi connectivity index (χ2v) is 5.12. The Hall–Kier alpha value is -1.65. The number of benzene rings is 1. The van der Waals surface area contributed by atoms with E-state index in [0.29, 0.717) is 11.4 Å². The molecule has 0 aliphatic rings. The van der Waals surface area contributed by atoms with E-state index in [1.54, 1.807) is 6.26 Å². The third kappa shape index (κ3) is 3.91. The minimum Gasteiger partial charge on any atom is -0.468 e. The van der Waals surface area contributed by atoms with Crippen molar-refractivity contribution in [3.63, 3.8) is 0 Å². The molecule has 0 aliphatic heterocycles. The maximum atomic E-state index is 5.72. The smallest absolute Gasteiger partial charge is 0.117 e. The number of rotatable bonds is 6. The molecule has 1 heterocycles. The van der Waals surface area contributed by atoms with Gasteiger partial charge >= 0.3 is 0 Å². The van der Waals surface area contributed by atoms with Gasteiger partial charge in [-0.3, -0.25) is 4.90 Å². The van der Waals surface area contributed by atoms with Crippen molar-refractivity contribution in [1.29, 1.82) is 0 Å². The lowest BCUT2D eigenvalue weighted by atomic mass is 10.0. The van der Waals surface area contributed by atoms with Gasteiger partial charge in [-0.25, -0.2) is 0 Å². The van der Waals surface area contributed by atoms with E-state index in [-0.39, 0.29) is 6.04 Å². The van der Waals surface area contributed by atoms with Crippen LogP contribution in [0.2, 0.25) is 0 Å². The minimum absolute atomic E-state index is 0.170. The van der Waals surface area contributed by atoms with Crippen LogP contribution in [0.5, 0.6) is 0 Å². The van der Waals surface area contributed by atoms with Crippen LogP contribution in [0.25, 0.3) is 0 Å². The van der Waals surface area contributed by atoms with Crippen molar-refractivity contribution in [1.82, 2.24) is 4.90 Å². The van der Waals surface area contributed by atoms with Crippen molar-refractivity contribution < 1.29 is 4.42 Å². The Morgan fingerprint density at radius 2 is 2.00 bits per heavy atom. The second-order valence-electron chi connectivity index (χ2n) is 4.59. The Kier molecular flexibility index (Phi) is 4.71. The molecule has 0 saturated heterocycles. The molecule has 1 aromatic heterocycles. The van der Waals surface area contributed by atoms with E-state index in [0.717, 1.165) is 12.3 Å². The zero-order chi connectivity index (χ0) is 13.7. The first-order valence-electron chi connectivity index (χ1n) is 6.22. The number of nitrogens with two attached hydrogens (primary N) is 1. The lowest BCUT2D eigenvalue weighted by Gasteiger charge is -2.27. The topological polar surface area (TPSA) is 42.4 Å². The fraction of sp³-hybridized carbons (Fsp3) is 0.267. The fourth-order valence-corrected chi connectivity index (χ4v) is 2.31. The Morgan fingerprint density at radius 3 is 2.58 bits per heavy atom. The maximum absolute atomic E-state index is 5.72. The first kappa shape index (κ1) is 13.8. The summed E-state index contributed by atoms with van der Waals surface area (Å²) in [7, 11) is 2.05. The molecule has 0 spiro atoms. The van der Waals surface area contributed by atoms with Crippen LogP contribution >= 0.6 is 12.2 Å². The number of furan rings is 1. The van der Waals surface area contributed by atoms with Gasteiger partial charge in [0.1, 0.15) is 5.76 Å². The highest BCUT2D eigenvalue weighted by atomic mass is 32.1. The van der Waals surface area contributed by atoms with Gasteiger partial charge in [-0.15, -0.1) is 0 Å². The standard InChI is InChI=1S/C15H18N2OS/c1-17(11-13-8-5-9-18-13)14(10-15(16)19)12-6-3-2-4-7-12/h2-9,14H,10-11H2,1H3,(H2,16,19). The highest BCUT2D eigenvalue weighted by Gasteiger charge is 2.18. The van der Waals surface area contributed by atoms with Gasteiger partial charge in [-0.05, 0) is 24.7 Å². The van der Waals surface area contributed by atoms with Gasteiger partial charge in [0, 0.05) is 12.5 Å². The van der Waals surface area contributed by atoms with Crippen molar-refractivity contribution in [2.45, 2.75) is 19.0 Å². The predicted molar refractivity (Wildman–Crippen MR) is 80.8 cm³/mol. The van der Waals surface area contributed by atoms with Gasteiger partial charge < -0.3 is 10.2 Å². The van der Waals surface area contributed by atoms with Gasteiger partial charge in [-0.2, -0.15) is 0 Å². The average Bonchev–Trinajstić information content (AvgIpc) is 2.89. The number of hydrogen-bond acceptors (Lipinski definition) is 3. The molecule has 0 amide bonds. The van der Waals surface area contributed by atoms with Crippen LogP contribution in [0, 0.1) is 0 Å². The Balaban J connectivity index is 2.15. The monoisotopic (exact) mass is 274 g/mol. The first-order chi connectivity index (χ1) is 9.16. The second kappa shape index (κ2) is 6.50. The van der Waals surface area contributed by atoms with E-state index in [9.17, 15) is 0 Å². The predicted octanol–water partition coefficient (Wildman–Crippen LogP) is 3.13. The van der Waals surface area contributed by atoms with Crippen LogP contribution in [0.15, 0.2) is 53.1 Å². The average molecular weight is 274 g/mol. The molecule has 1 aromatic carbocycles. The summed E-state index contributed by atoms with van der Waals surface area (Å²) in [6.07, 6.45) is 2.35. The molecule has 1 atom stereocenters. The first-order valence-corrected chi connectivity index (χ1v) is 6.63. The summed E-state index contributed by atoms with van der Waals surface area (Å²) in [6.45, 7) is 0.731. The van der Waals surface area contributed by atoms with Crippen LogP contribution in [-0.4, -0.2) is 16.9 Å². The molecule has 2 rings (SSSR count). The van der Waals surface area contributed by atoms with Crippen molar-refractivity contribution in [2.24, 2.45) is 5.73 Å². The SMILES string of the molecule is CN(Cc1ccco1)C(CC(N)=S)c1ccccc1. The zero-order valence-electron chi connectivity index (χ0n) is 11.0. The molecule has 100 valence electrons. The van der Waals surface area contributed by atoms with Gasteiger partial charge in [0.2, 0.25) is 0 Å². The van der Waals surface area contributed by atoms with Gasteiger partial charge in [0.15, 0.2) is 0 Å². The van der Waals surface area contributed by atoms with E-state index in [1.807, 2.05) is 30.3 Å². The normalized spacial score (nSPS) is 12.5. The fourth-order valence-electron chi connectivity index (χ4n) is 2.15. The molecule has 19 heavy (non-hydrogen) atoms. The molecule has 4 heteroatoms. The molecule has 1 unspecified atom stereocenters. The summed E-state index contributed by atoms with van der Waals surface area (Å²) < 4.78 is 5.39. The van der Waals surface area contributed by atoms with Gasteiger partial charge in [0.05, 0.1) is 17.8 Å². The Labute approximate surface area is 119 Å². The highest BCUT2D eigenvalue weighted by Crippen LogP contribution is 2.24. The van der Waals surface area contributed by atoms with Crippen LogP contribution in [0.4, 0.5) is 0 Å². The molecular formula is C15H18N2OS. The van der Waals surface area contributed by atoms with Crippen LogP contribution in [0.1, 0.15) is 23.8 Å². The van der Waals surface area contributed by atoms with E-state index in [4.69, 9.17) is 22.4 Å². The summed E-state index contributed by atoms with van der Waals surface area (Å²) >= 11 is 5.07. The molecule has 3 nitrogen and oxygen atoms in total. The van der Waals surface area contributed by atoms with Crippen LogP contribution in [-0.2, 0) is 6.54 Å². The van der Waals surface area contributed by atoms with Crippen LogP contribution in [0.3, 0.4) is 0 Å². The summed E-state index contributed by atoms with van der Waals surface area (Å²) in [4.78, 5) is 2.73. The number of thiocarbonyl (C=S) groups is 1. The van der Waals surface area contributed by atoms with E-state index < -0.39 is 0 Å². The number of hydrogen-bond donors (Lipinski definition) is 1. The van der Waals surface area contributed by atoms with E-state index >= 15 is 0 Å². The van der Waals surface area contributed by atoms with Crippen molar-refractivity contribution in [2.75, 3.05) is 7.05 Å². The largest absolute Gasteiger partial charge is 0.468 e. The molecule has 0 fully saturated rings. The van der Waals surface area contributed by atoms with Crippen molar-refractivity contribution >= 4 is 17.2 Å². The Bertz CT molecular complexity index is 510. The van der Waals surface area contributed by atoms with Crippen LogP contribution < -0.4 is 5.73 Å². The summed E-state index contributed by atoms with van der Waals surface area (Å²) in [5, 5.41) is 0. The molecule has 0 aliphatic carbocycles. The molecular weight excluding hydrogens is 256 g/mol. The zero-order valence-corrected chi connectivity index (χ0v) is 11.8. The summed E-state index contributed by atoms with van der Waals surface area (Å²) in [6, 6.07) is 14.3. The van der Waals surface area contributed by atoms with Crippen molar-refractivity contribution in [3.05, 3.63) is 60.1 Å². The summed E-state index contributed by atoms with van der Waals surface area (Å²) in [5.41, 5.74) is 6.94. The van der Waals surface area contributed by atoms with Gasteiger partial charge in [0.25, 0.3) is 0 Å². The third-order valence-electron chi connectivity index (χ3n) is 3.10. The minimum atomic E-state index is 0.170. The molecule has 0 radical (unpaired) electrons. The lowest BCUT2D eigenvalue weighted by Crippen LogP contribution is -2.27. The van der Waals surface area contributed by atoms with E-state index in [1.165, 1.54) is 5.56 Å². The maximum Gasteiger partial charge on any atom is 0.117 e. The lowest BCUT2D eigenvalue weighted by molar-refractivity contribution is 0.223. The van der Waals surface area contributed by atoms with Gasteiger partial charge in [-0.1, -0.05) is 42.5 Å².